The predicted octanol–water partition coefficient (Wildman–Crippen LogP) is 7.41. The number of phenols is 1. The van der Waals surface area contributed by atoms with Gasteiger partial charge < -0.3 is 14.3 Å². The Bertz CT molecular complexity index is 1460. The minimum atomic E-state index is 0.104. The third kappa shape index (κ3) is 4.69. The fraction of sp³-hybridized carbons (Fsp3) is 0.276. The quantitative estimate of drug-likeness (QED) is 0.243. The summed E-state index contributed by atoms with van der Waals surface area (Å²) in [6.07, 6.45) is 4.46. The van der Waals surface area contributed by atoms with Crippen LogP contribution in [-0.4, -0.2) is 26.7 Å². The van der Waals surface area contributed by atoms with Crippen molar-refractivity contribution in [2.45, 2.75) is 39.5 Å². The lowest BCUT2D eigenvalue weighted by Crippen LogP contribution is -2.13. The molecule has 0 aliphatic heterocycles. The number of hydrogen-bond donors (Lipinski definition) is 1. The van der Waals surface area contributed by atoms with Gasteiger partial charge >= 0.3 is 6.01 Å². The van der Waals surface area contributed by atoms with Crippen LogP contribution in [0, 0.1) is 5.92 Å². The summed E-state index contributed by atoms with van der Waals surface area (Å²) in [5.41, 5.74) is 2.79. The van der Waals surface area contributed by atoms with Crippen molar-refractivity contribution in [3.63, 3.8) is 0 Å². The van der Waals surface area contributed by atoms with Crippen molar-refractivity contribution in [1.82, 2.24) is 15.0 Å². The van der Waals surface area contributed by atoms with Gasteiger partial charge in [-0.05, 0) is 36.6 Å². The van der Waals surface area contributed by atoms with Gasteiger partial charge in [-0.25, -0.2) is 4.98 Å². The van der Waals surface area contributed by atoms with E-state index in [1.54, 1.807) is 18.2 Å². The molecular formula is C29H29N3O3. The van der Waals surface area contributed by atoms with Crippen LogP contribution < -0.4 is 4.74 Å². The third-order valence-electron chi connectivity index (χ3n) is 6.40. The van der Waals surface area contributed by atoms with Crippen molar-refractivity contribution in [2.75, 3.05) is 6.61 Å². The van der Waals surface area contributed by atoms with Crippen LogP contribution in [0.15, 0.2) is 71.1 Å². The Labute approximate surface area is 204 Å². The van der Waals surface area contributed by atoms with E-state index in [1.807, 2.05) is 48.5 Å². The lowest BCUT2D eigenvalue weighted by Gasteiger charge is -2.15. The largest absolute Gasteiger partial charge is 0.507 e. The van der Waals surface area contributed by atoms with Crippen molar-refractivity contribution in [2.24, 2.45) is 5.92 Å². The molecule has 6 nitrogen and oxygen atoms in total. The number of unbranched alkanes of at least 4 members (excludes halogenated alkanes) is 1. The van der Waals surface area contributed by atoms with Crippen LogP contribution in [-0.2, 0) is 0 Å². The minimum Gasteiger partial charge on any atom is -0.507 e. The average molecular weight is 468 g/mol. The van der Waals surface area contributed by atoms with E-state index in [2.05, 4.69) is 23.8 Å². The summed E-state index contributed by atoms with van der Waals surface area (Å²) >= 11 is 0. The molecule has 0 fully saturated rings. The molecular weight excluding hydrogens is 438 g/mol. The van der Waals surface area contributed by atoms with Gasteiger partial charge in [-0.1, -0.05) is 75.6 Å². The topological polar surface area (TPSA) is 81.3 Å². The summed E-state index contributed by atoms with van der Waals surface area (Å²) in [6.45, 7) is 4.91. The van der Waals surface area contributed by atoms with E-state index < -0.39 is 0 Å². The molecule has 1 unspecified atom stereocenters. The molecule has 0 aliphatic rings. The zero-order chi connectivity index (χ0) is 24.2. The van der Waals surface area contributed by atoms with E-state index in [1.165, 1.54) is 6.42 Å². The summed E-state index contributed by atoms with van der Waals surface area (Å²) in [5, 5.41) is 12.5. The van der Waals surface area contributed by atoms with E-state index >= 15 is 0 Å². The van der Waals surface area contributed by atoms with E-state index in [9.17, 15) is 5.11 Å². The maximum atomic E-state index is 10.5. The van der Waals surface area contributed by atoms with Gasteiger partial charge in [0.05, 0.1) is 17.7 Å². The van der Waals surface area contributed by atoms with Gasteiger partial charge in [0, 0.05) is 10.8 Å². The molecule has 0 saturated carbocycles. The predicted molar refractivity (Wildman–Crippen MR) is 138 cm³/mol. The SMILES string of the molecule is CCCCC(CC)COc1nc(-c2ccccc2O)nc(-c2cccc3c2oc2ccccc23)n1. The minimum absolute atomic E-state index is 0.104. The molecule has 3 aromatic carbocycles. The highest BCUT2D eigenvalue weighted by Gasteiger charge is 2.19. The van der Waals surface area contributed by atoms with Crippen LogP contribution >= 0.6 is 0 Å². The zero-order valence-electron chi connectivity index (χ0n) is 20.1. The van der Waals surface area contributed by atoms with Gasteiger partial charge in [-0.3, -0.25) is 0 Å². The van der Waals surface area contributed by atoms with Crippen LogP contribution in [0.3, 0.4) is 0 Å². The first-order valence-electron chi connectivity index (χ1n) is 12.3. The monoisotopic (exact) mass is 467 g/mol. The number of nitrogens with zero attached hydrogens (tertiary/aromatic N) is 3. The molecule has 35 heavy (non-hydrogen) atoms. The lowest BCUT2D eigenvalue weighted by atomic mass is 10.0. The van der Waals surface area contributed by atoms with E-state index in [0.717, 1.165) is 41.2 Å². The number of ether oxygens (including phenoxy) is 1. The van der Waals surface area contributed by atoms with E-state index in [-0.39, 0.29) is 11.8 Å². The first kappa shape index (κ1) is 22.8. The Morgan fingerprint density at radius 2 is 1.54 bits per heavy atom. The molecule has 0 aliphatic carbocycles. The maximum Gasteiger partial charge on any atom is 0.320 e. The first-order valence-corrected chi connectivity index (χ1v) is 12.3. The summed E-state index contributed by atoms with van der Waals surface area (Å²) < 4.78 is 12.3. The normalized spacial score (nSPS) is 12.3. The van der Waals surface area contributed by atoms with Crippen molar-refractivity contribution in [1.29, 1.82) is 0 Å². The van der Waals surface area contributed by atoms with E-state index in [0.29, 0.717) is 35.3 Å². The second kappa shape index (κ2) is 10.1. The van der Waals surface area contributed by atoms with Gasteiger partial charge in [-0.15, -0.1) is 0 Å². The molecule has 2 heterocycles. The Morgan fingerprint density at radius 1 is 0.829 bits per heavy atom. The number of para-hydroxylation sites is 3. The molecule has 0 amide bonds. The van der Waals surface area contributed by atoms with Crippen LogP contribution in [0.25, 0.3) is 44.7 Å². The highest BCUT2D eigenvalue weighted by atomic mass is 16.5. The van der Waals surface area contributed by atoms with Gasteiger partial charge in [0.25, 0.3) is 0 Å². The van der Waals surface area contributed by atoms with Crippen molar-refractivity contribution < 1.29 is 14.3 Å². The Morgan fingerprint density at radius 3 is 2.34 bits per heavy atom. The molecule has 1 atom stereocenters. The Hall–Kier alpha value is -3.93. The number of aromatic hydroxyl groups is 1. The smallest absolute Gasteiger partial charge is 0.320 e. The zero-order valence-corrected chi connectivity index (χ0v) is 20.1. The molecule has 1 N–H and O–H groups in total. The number of rotatable bonds is 9. The fourth-order valence-electron chi connectivity index (χ4n) is 4.34. The summed E-state index contributed by atoms with van der Waals surface area (Å²) in [4.78, 5) is 14.0. The Balaban J connectivity index is 1.61. The number of phenolic OH excluding ortho intramolecular Hbond substituents is 1. The van der Waals surface area contributed by atoms with Crippen molar-refractivity contribution >= 4 is 21.9 Å². The molecule has 0 spiro atoms. The van der Waals surface area contributed by atoms with Crippen LogP contribution in [0.1, 0.15) is 39.5 Å². The summed E-state index contributed by atoms with van der Waals surface area (Å²) in [5.74, 6) is 1.34. The van der Waals surface area contributed by atoms with Gasteiger partial charge in [0.2, 0.25) is 0 Å². The molecule has 5 rings (SSSR count). The third-order valence-corrected chi connectivity index (χ3v) is 6.40. The molecule has 6 heteroatoms. The standard InChI is InChI=1S/C29H29N3O3/c1-3-5-11-19(4-2)18-34-29-31-27(22-13-6-8-16-24(22)33)30-28(32-29)23-15-10-14-21-20-12-7-9-17-25(20)35-26(21)23/h6-10,12-17,19,33H,3-5,11,18H2,1-2H3. The number of aromatic nitrogens is 3. The maximum absolute atomic E-state index is 10.5. The first-order chi connectivity index (χ1) is 17.2. The van der Waals surface area contributed by atoms with E-state index in [4.69, 9.17) is 14.1 Å². The molecule has 2 aromatic heterocycles. The number of furan rings is 1. The van der Waals surface area contributed by atoms with Gasteiger partial charge in [-0.2, -0.15) is 9.97 Å². The number of benzene rings is 3. The van der Waals surface area contributed by atoms with Gasteiger partial charge in [0.1, 0.15) is 16.9 Å². The van der Waals surface area contributed by atoms with Crippen LogP contribution in [0.5, 0.6) is 11.8 Å². The van der Waals surface area contributed by atoms with Crippen LogP contribution in [0.4, 0.5) is 0 Å². The molecule has 0 radical (unpaired) electrons. The average Bonchev–Trinajstić information content (AvgIpc) is 3.28. The highest BCUT2D eigenvalue weighted by Crippen LogP contribution is 2.36. The fourth-order valence-corrected chi connectivity index (χ4v) is 4.34. The second-order valence-electron chi connectivity index (χ2n) is 8.79. The number of fused-ring (bicyclic) bond motifs is 3. The highest BCUT2D eigenvalue weighted by molar-refractivity contribution is 6.09. The summed E-state index contributed by atoms with van der Waals surface area (Å²) in [6, 6.07) is 21.2. The molecule has 178 valence electrons. The molecule has 5 aromatic rings. The van der Waals surface area contributed by atoms with Crippen LogP contribution in [0.2, 0.25) is 0 Å². The second-order valence-corrected chi connectivity index (χ2v) is 8.79. The van der Waals surface area contributed by atoms with Crippen molar-refractivity contribution in [3.05, 3.63) is 66.7 Å². The Kier molecular flexibility index (Phi) is 6.62. The molecule has 0 bridgehead atoms. The van der Waals surface area contributed by atoms with Gasteiger partial charge in [0.15, 0.2) is 11.6 Å². The van der Waals surface area contributed by atoms with Crippen molar-refractivity contribution in [3.8, 4) is 34.5 Å². The summed E-state index contributed by atoms with van der Waals surface area (Å²) in [7, 11) is 0. The molecule has 0 saturated heterocycles. The lowest BCUT2D eigenvalue weighted by molar-refractivity contribution is 0.217. The number of hydrogen-bond acceptors (Lipinski definition) is 6.